The second kappa shape index (κ2) is 9.49. The number of nitrogens with zero attached hydrogens (tertiary/aromatic N) is 3. The maximum atomic E-state index is 12.9. The minimum Gasteiger partial charge on any atom is -0.441 e. The van der Waals surface area contributed by atoms with Gasteiger partial charge in [-0.3, -0.25) is 9.69 Å². The first-order valence-corrected chi connectivity index (χ1v) is 12.2. The van der Waals surface area contributed by atoms with Crippen LogP contribution >= 0.6 is 0 Å². The lowest BCUT2D eigenvalue weighted by atomic mass is 9.86. The Balaban J connectivity index is 1.24. The molecule has 0 spiro atoms. The Bertz CT molecular complexity index is 1190. The Kier molecular flexibility index (Phi) is 6.24. The number of hydrogen-bond donors (Lipinski definition) is 1. The Labute approximate surface area is 205 Å². The fraction of sp³-hybridized carbons (Fsp3) is 0.357. The highest BCUT2D eigenvalue weighted by Gasteiger charge is 2.51. The van der Waals surface area contributed by atoms with E-state index in [9.17, 15) is 9.59 Å². The first-order valence-electron chi connectivity index (χ1n) is 12.2. The van der Waals surface area contributed by atoms with Gasteiger partial charge in [0.2, 0.25) is 0 Å². The standard InChI is InChI=1S/C28H30N4O3/c1-28(2)24(19-9-5-3-6-10-19)32(27(34)35-28)22-15-13-21(14-16-22)30-26(33)23-17-18-29-25(31-23)20-11-7-4-8-12-20/h3-12,17-18,21-22,24H,13-16H2,1-2H3,(H,30,33)/t21-,22-,24-/m0/s1. The molecule has 2 heterocycles. The Morgan fingerprint density at radius 2 is 1.63 bits per heavy atom. The van der Waals surface area contributed by atoms with E-state index in [2.05, 4.69) is 27.4 Å². The number of aromatic nitrogens is 2. The second-order valence-electron chi connectivity index (χ2n) is 9.80. The minimum atomic E-state index is -0.604. The van der Waals surface area contributed by atoms with Gasteiger partial charge in [-0.1, -0.05) is 60.7 Å². The number of rotatable bonds is 5. The molecule has 1 saturated heterocycles. The van der Waals surface area contributed by atoms with Crippen molar-refractivity contribution >= 4 is 12.0 Å². The Hall–Kier alpha value is -3.74. The largest absolute Gasteiger partial charge is 0.441 e. The summed E-state index contributed by atoms with van der Waals surface area (Å²) < 4.78 is 5.78. The van der Waals surface area contributed by atoms with E-state index in [1.807, 2.05) is 67.3 Å². The van der Waals surface area contributed by atoms with E-state index in [4.69, 9.17) is 4.74 Å². The van der Waals surface area contributed by atoms with Gasteiger partial charge in [-0.2, -0.15) is 0 Å². The molecule has 1 N–H and O–H groups in total. The molecular weight excluding hydrogens is 440 g/mol. The van der Waals surface area contributed by atoms with Crippen LogP contribution in [-0.2, 0) is 4.74 Å². The van der Waals surface area contributed by atoms with Crippen molar-refractivity contribution in [3.8, 4) is 11.4 Å². The molecule has 2 aliphatic rings. The topological polar surface area (TPSA) is 84.4 Å². The van der Waals surface area contributed by atoms with E-state index in [0.717, 1.165) is 36.8 Å². The highest BCUT2D eigenvalue weighted by Crippen LogP contribution is 2.44. The summed E-state index contributed by atoms with van der Waals surface area (Å²) in [6, 6.07) is 21.3. The van der Waals surface area contributed by atoms with Gasteiger partial charge in [-0.05, 0) is 51.2 Å². The number of benzene rings is 2. The third-order valence-electron chi connectivity index (χ3n) is 6.96. The van der Waals surface area contributed by atoms with E-state index in [0.29, 0.717) is 11.5 Å². The van der Waals surface area contributed by atoms with Gasteiger partial charge < -0.3 is 10.1 Å². The van der Waals surface area contributed by atoms with Gasteiger partial charge in [-0.15, -0.1) is 0 Å². The summed E-state index contributed by atoms with van der Waals surface area (Å²) in [5.74, 6) is 0.334. The minimum absolute atomic E-state index is 0.0377. The molecule has 1 aromatic heterocycles. The number of ether oxygens (including phenoxy) is 1. The molecule has 0 unspecified atom stereocenters. The SMILES string of the molecule is CC1(C)OC(=O)N([C@H]2CC[C@H](NC(=O)c3ccnc(-c4ccccc4)n3)CC2)[C@H]1c1ccccc1. The van der Waals surface area contributed by atoms with E-state index < -0.39 is 5.60 Å². The quantitative estimate of drug-likeness (QED) is 0.557. The van der Waals surface area contributed by atoms with Gasteiger partial charge in [0.1, 0.15) is 11.3 Å². The Morgan fingerprint density at radius 1 is 0.971 bits per heavy atom. The van der Waals surface area contributed by atoms with E-state index >= 15 is 0 Å². The number of cyclic esters (lactones) is 1. The van der Waals surface area contributed by atoms with Crippen LogP contribution in [0.15, 0.2) is 72.9 Å². The lowest BCUT2D eigenvalue weighted by molar-refractivity contribution is 0.0663. The zero-order valence-corrected chi connectivity index (χ0v) is 20.1. The summed E-state index contributed by atoms with van der Waals surface area (Å²) in [6.45, 7) is 3.94. The smallest absolute Gasteiger partial charge is 0.411 e. The summed E-state index contributed by atoms with van der Waals surface area (Å²) in [5, 5.41) is 3.13. The number of hydrogen-bond acceptors (Lipinski definition) is 5. The number of carbonyl (C=O) groups excluding carboxylic acids is 2. The van der Waals surface area contributed by atoms with Gasteiger partial charge in [0.25, 0.3) is 5.91 Å². The van der Waals surface area contributed by atoms with Crippen molar-refractivity contribution in [1.29, 1.82) is 0 Å². The Morgan fingerprint density at radius 3 is 2.31 bits per heavy atom. The van der Waals surface area contributed by atoms with Crippen LogP contribution in [0.3, 0.4) is 0 Å². The molecule has 7 heteroatoms. The second-order valence-corrected chi connectivity index (χ2v) is 9.80. The highest BCUT2D eigenvalue weighted by atomic mass is 16.6. The van der Waals surface area contributed by atoms with E-state index in [-0.39, 0.29) is 30.1 Å². The van der Waals surface area contributed by atoms with Crippen LogP contribution in [0.1, 0.15) is 61.6 Å². The van der Waals surface area contributed by atoms with Crippen molar-refractivity contribution in [1.82, 2.24) is 20.2 Å². The molecule has 1 saturated carbocycles. The molecular formula is C28H30N4O3. The third kappa shape index (κ3) is 4.76. The van der Waals surface area contributed by atoms with Crippen LogP contribution in [0.2, 0.25) is 0 Å². The normalized spacial score (nSPS) is 23.5. The molecule has 0 radical (unpaired) electrons. The summed E-state index contributed by atoms with van der Waals surface area (Å²) in [5.41, 5.74) is 1.70. The maximum absolute atomic E-state index is 12.9. The van der Waals surface area contributed by atoms with E-state index in [1.165, 1.54) is 0 Å². The first-order chi connectivity index (χ1) is 16.9. The monoisotopic (exact) mass is 470 g/mol. The molecule has 3 aromatic rings. The van der Waals surface area contributed by atoms with Gasteiger partial charge >= 0.3 is 6.09 Å². The molecule has 5 rings (SSSR count). The van der Waals surface area contributed by atoms with Crippen LogP contribution in [0.5, 0.6) is 0 Å². The van der Waals surface area contributed by atoms with Crippen molar-refractivity contribution in [2.24, 2.45) is 0 Å². The van der Waals surface area contributed by atoms with Crippen molar-refractivity contribution < 1.29 is 14.3 Å². The average molecular weight is 471 g/mol. The van der Waals surface area contributed by atoms with Crippen molar-refractivity contribution in [2.75, 3.05) is 0 Å². The molecule has 2 aromatic carbocycles. The summed E-state index contributed by atoms with van der Waals surface area (Å²) in [6.07, 6.45) is 4.55. The summed E-state index contributed by atoms with van der Waals surface area (Å²) in [7, 11) is 0. The molecule has 2 amide bonds. The van der Waals surface area contributed by atoms with E-state index in [1.54, 1.807) is 12.3 Å². The first kappa shape index (κ1) is 23.0. The molecule has 35 heavy (non-hydrogen) atoms. The molecule has 180 valence electrons. The number of amides is 2. The zero-order chi connectivity index (χ0) is 24.4. The van der Waals surface area contributed by atoms with Crippen molar-refractivity contribution in [3.63, 3.8) is 0 Å². The average Bonchev–Trinajstić information content (AvgIpc) is 3.13. The lowest BCUT2D eigenvalue weighted by Gasteiger charge is -2.38. The molecule has 1 aliphatic heterocycles. The predicted molar refractivity (Wildman–Crippen MR) is 133 cm³/mol. The van der Waals surface area contributed by atoms with Gasteiger partial charge in [0, 0.05) is 23.8 Å². The van der Waals surface area contributed by atoms with Crippen LogP contribution < -0.4 is 5.32 Å². The maximum Gasteiger partial charge on any atom is 0.411 e. The molecule has 1 aliphatic carbocycles. The van der Waals surface area contributed by atoms with Crippen LogP contribution in [0.4, 0.5) is 4.79 Å². The van der Waals surface area contributed by atoms with Crippen molar-refractivity contribution in [2.45, 2.75) is 63.3 Å². The molecule has 7 nitrogen and oxygen atoms in total. The number of nitrogens with one attached hydrogen (secondary N) is 1. The summed E-state index contributed by atoms with van der Waals surface area (Å²) in [4.78, 5) is 36.5. The zero-order valence-electron chi connectivity index (χ0n) is 20.1. The van der Waals surface area contributed by atoms with Crippen LogP contribution in [0.25, 0.3) is 11.4 Å². The van der Waals surface area contributed by atoms with Crippen LogP contribution in [0, 0.1) is 0 Å². The molecule has 0 bridgehead atoms. The third-order valence-corrected chi connectivity index (χ3v) is 6.96. The lowest BCUT2D eigenvalue weighted by Crippen LogP contribution is -2.46. The van der Waals surface area contributed by atoms with Gasteiger partial charge in [-0.25, -0.2) is 14.8 Å². The number of carbonyl (C=O) groups is 2. The molecule has 1 atom stereocenters. The fourth-order valence-electron chi connectivity index (χ4n) is 5.30. The molecule has 2 fully saturated rings. The van der Waals surface area contributed by atoms with Gasteiger partial charge in [0.15, 0.2) is 5.82 Å². The van der Waals surface area contributed by atoms with Crippen molar-refractivity contribution in [3.05, 3.63) is 84.2 Å². The summed E-state index contributed by atoms with van der Waals surface area (Å²) >= 11 is 0. The highest BCUT2D eigenvalue weighted by molar-refractivity contribution is 5.92. The van der Waals surface area contributed by atoms with Gasteiger partial charge in [0.05, 0.1) is 6.04 Å². The predicted octanol–water partition coefficient (Wildman–Crippen LogP) is 5.16. The fourth-order valence-corrected chi connectivity index (χ4v) is 5.30. The van der Waals surface area contributed by atoms with Crippen LogP contribution in [-0.4, -0.2) is 44.6 Å².